The van der Waals surface area contributed by atoms with Crippen LogP contribution in [0.2, 0.25) is 0 Å². The summed E-state index contributed by atoms with van der Waals surface area (Å²) in [6.45, 7) is 7.60. The number of nitro benzene ring substituents is 1. The van der Waals surface area contributed by atoms with Gasteiger partial charge in [-0.3, -0.25) is 15.0 Å². The van der Waals surface area contributed by atoms with Crippen LogP contribution >= 0.6 is 0 Å². The summed E-state index contributed by atoms with van der Waals surface area (Å²) in [4.78, 5) is 15.1. The van der Waals surface area contributed by atoms with Gasteiger partial charge in [0.2, 0.25) is 0 Å². The van der Waals surface area contributed by atoms with Gasteiger partial charge in [-0.2, -0.15) is 0 Å². The monoisotopic (exact) mass is 292 g/mol. The lowest BCUT2D eigenvalue weighted by Crippen LogP contribution is -2.46. The standard InChI is InChI=1S/C15H24N4O2/c1-17(12-13-18-10-7-16-8-11-18)9-6-14-2-4-15(5-3-14)19(20)21/h2-5,16H,6-13H2,1H3. The molecule has 1 heterocycles. The second-order valence-electron chi connectivity index (χ2n) is 5.57. The summed E-state index contributed by atoms with van der Waals surface area (Å²) in [5.41, 5.74) is 1.31. The maximum Gasteiger partial charge on any atom is 0.269 e. The van der Waals surface area contributed by atoms with Crippen molar-refractivity contribution in [1.29, 1.82) is 0 Å². The Morgan fingerprint density at radius 1 is 1.24 bits per heavy atom. The van der Waals surface area contributed by atoms with E-state index in [1.807, 2.05) is 12.1 Å². The fourth-order valence-electron chi connectivity index (χ4n) is 2.46. The first-order valence-corrected chi connectivity index (χ1v) is 7.50. The molecule has 0 amide bonds. The quantitative estimate of drug-likeness (QED) is 0.599. The molecule has 1 saturated heterocycles. The van der Waals surface area contributed by atoms with Crippen LogP contribution in [-0.4, -0.2) is 67.6 Å². The van der Waals surface area contributed by atoms with Gasteiger partial charge in [0.25, 0.3) is 5.69 Å². The molecule has 6 nitrogen and oxygen atoms in total. The minimum atomic E-state index is -0.358. The number of likely N-dealkylation sites (N-methyl/N-ethyl adjacent to an activating group) is 1. The Balaban J connectivity index is 1.68. The van der Waals surface area contributed by atoms with Gasteiger partial charge in [-0.15, -0.1) is 0 Å². The maximum atomic E-state index is 10.6. The molecule has 0 bridgehead atoms. The number of hydrogen-bond acceptors (Lipinski definition) is 5. The van der Waals surface area contributed by atoms with E-state index in [0.29, 0.717) is 0 Å². The van der Waals surface area contributed by atoms with Crippen LogP contribution in [0.3, 0.4) is 0 Å². The van der Waals surface area contributed by atoms with Crippen molar-refractivity contribution in [2.45, 2.75) is 6.42 Å². The molecule has 1 aromatic carbocycles. The van der Waals surface area contributed by atoms with E-state index in [4.69, 9.17) is 0 Å². The molecule has 0 spiro atoms. The lowest BCUT2D eigenvalue weighted by atomic mass is 10.1. The largest absolute Gasteiger partial charge is 0.314 e. The molecule has 116 valence electrons. The predicted octanol–water partition coefficient (Wildman–Crippen LogP) is 0.974. The molecule has 1 aliphatic rings. The molecule has 0 saturated carbocycles. The Morgan fingerprint density at radius 2 is 1.90 bits per heavy atom. The van der Waals surface area contributed by atoms with Gasteiger partial charge in [0.1, 0.15) is 0 Å². The summed E-state index contributed by atoms with van der Waals surface area (Å²) in [7, 11) is 2.13. The molecule has 1 N–H and O–H groups in total. The summed E-state index contributed by atoms with van der Waals surface area (Å²) < 4.78 is 0. The Kier molecular flexibility index (Phi) is 6.10. The van der Waals surface area contributed by atoms with E-state index in [2.05, 4.69) is 22.2 Å². The van der Waals surface area contributed by atoms with Gasteiger partial charge in [0.15, 0.2) is 0 Å². The number of piperazine rings is 1. The fourth-order valence-corrected chi connectivity index (χ4v) is 2.46. The molecule has 1 fully saturated rings. The topological polar surface area (TPSA) is 61.6 Å². The van der Waals surface area contributed by atoms with E-state index in [0.717, 1.165) is 57.8 Å². The van der Waals surface area contributed by atoms with Crippen LogP contribution in [0.1, 0.15) is 5.56 Å². The van der Waals surface area contributed by atoms with Crippen LogP contribution in [0.5, 0.6) is 0 Å². The van der Waals surface area contributed by atoms with E-state index in [9.17, 15) is 10.1 Å². The minimum absolute atomic E-state index is 0.158. The van der Waals surface area contributed by atoms with Gasteiger partial charge in [-0.05, 0) is 19.0 Å². The first kappa shape index (κ1) is 15.9. The first-order valence-electron chi connectivity index (χ1n) is 7.50. The number of non-ortho nitro benzene ring substituents is 1. The molecule has 21 heavy (non-hydrogen) atoms. The average molecular weight is 292 g/mol. The molecular weight excluding hydrogens is 268 g/mol. The summed E-state index contributed by atoms with van der Waals surface area (Å²) in [5, 5.41) is 14.0. The normalized spacial score (nSPS) is 16.3. The Hall–Kier alpha value is -1.50. The van der Waals surface area contributed by atoms with Gasteiger partial charge in [-0.25, -0.2) is 0 Å². The lowest BCUT2D eigenvalue weighted by Gasteiger charge is -2.29. The highest BCUT2D eigenvalue weighted by Crippen LogP contribution is 2.12. The van der Waals surface area contributed by atoms with Crippen LogP contribution in [0.4, 0.5) is 5.69 Å². The third-order valence-corrected chi connectivity index (χ3v) is 3.94. The summed E-state index contributed by atoms with van der Waals surface area (Å²) in [6, 6.07) is 6.86. The first-order chi connectivity index (χ1) is 10.1. The zero-order chi connectivity index (χ0) is 15.1. The van der Waals surface area contributed by atoms with Crippen LogP contribution in [0.15, 0.2) is 24.3 Å². The molecule has 0 aromatic heterocycles. The molecule has 6 heteroatoms. The zero-order valence-corrected chi connectivity index (χ0v) is 12.6. The molecule has 0 aliphatic carbocycles. The second-order valence-corrected chi connectivity index (χ2v) is 5.57. The molecule has 0 atom stereocenters. The highest BCUT2D eigenvalue weighted by atomic mass is 16.6. The second kappa shape index (κ2) is 8.07. The van der Waals surface area contributed by atoms with Crippen molar-refractivity contribution in [3.63, 3.8) is 0 Å². The summed E-state index contributed by atoms with van der Waals surface area (Å²) >= 11 is 0. The third kappa shape index (κ3) is 5.41. The molecule has 1 aliphatic heterocycles. The van der Waals surface area contributed by atoms with Crippen LogP contribution in [0, 0.1) is 10.1 Å². The fraction of sp³-hybridized carbons (Fsp3) is 0.600. The predicted molar refractivity (Wildman–Crippen MR) is 83.6 cm³/mol. The Labute approximate surface area is 125 Å². The number of nitro groups is 1. The van der Waals surface area contributed by atoms with Gasteiger partial charge >= 0.3 is 0 Å². The van der Waals surface area contributed by atoms with E-state index >= 15 is 0 Å². The van der Waals surface area contributed by atoms with Gasteiger partial charge < -0.3 is 10.2 Å². The number of hydrogen-bond donors (Lipinski definition) is 1. The van der Waals surface area contributed by atoms with E-state index in [-0.39, 0.29) is 10.6 Å². The Morgan fingerprint density at radius 3 is 2.52 bits per heavy atom. The number of benzene rings is 1. The lowest BCUT2D eigenvalue weighted by molar-refractivity contribution is -0.384. The van der Waals surface area contributed by atoms with Crippen molar-refractivity contribution in [2.75, 3.05) is 52.9 Å². The van der Waals surface area contributed by atoms with E-state index in [1.165, 1.54) is 0 Å². The number of rotatable bonds is 7. The average Bonchev–Trinajstić information content (AvgIpc) is 2.52. The molecule has 1 aromatic rings. The van der Waals surface area contributed by atoms with Crippen molar-refractivity contribution in [1.82, 2.24) is 15.1 Å². The molecule has 0 unspecified atom stereocenters. The highest BCUT2D eigenvalue weighted by Gasteiger charge is 2.10. The third-order valence-electron chi connectivity index (χ3n) is 3.94. The van der Waals surface area contributed by atoms with Gasteiger partial charge in [-0.1, -0.05) is 12.1 Å². The molecule has 0 radical (unpaired) electrons. The molecule has 2 rings (SSSR count). The van der Waals surface area contributed by atoms with Crippen LogP contribution < -0.4 is 5.32 Å². The van der Waals surface area contributed by atoms with Crippen molar-refractivity contribution < 1.29 is 4.92 Å². The van der Waals surface area contributed by atoms with E-state index < -0.39 is 0 Å². The van der Waals surface area contributed by atoms with Crippen LogP contribution in [-0.2, 0) is 6.42 Å². The summed E-state index contributed by atoms with van der Waals surface area (Å²) in [5.74, 6) is 0. The number of nitrogens with one attached hydrogen (secondary N) is 1. The van der Waals surface area contributed by atoms with Gasteiger partial charge in [0.05, 0.1) is 4.92 Å². The summed E-state index contributed by atoms with van der Waals surface area (Å²) in [6.07, 6.45) is 0.927. The van der Waals surface area contributed by atoms with E-state index in [1.54, 1.807) is 12.1 Å². The van der Waals surface area contributed by atoms with Gasteiger partial charge in [0, 0.05) is 57.9 Å². The van der Waals surface area contributed by atoms with Crippen molar-refractivity contribution in [3.8, 4) is 0 Å². The highest BCUT2D eigenvalue weighted by molar-refractivity contribution is 5.32. The number of nitrogens with zero attached hydrogens (tertiary/aromatic N) is 3. The molecular formula is C15H24N4O2. The van der Waals surface area contributed by atoms with Crippen molar-refractivity contribution in [2.24, 2.45) is 0 Å². The smallest absolute Gasteiger partial charge is 0.269 e. The minimum Gasteiger partial charge on any atom is -0.314 e. The Bertz CT molecular complexity index is 443. The SMILES string of the molecule is CN(CCc1ccc([N+](=O)[O-])cc1)CCN1CCNCC1. The van der Waals surface area contributed by atoms with Crippen molar-refractivity contribution >= 4 is 5.69 Å². The zero-order valence-electron chi connectivity index (χ0n) is 12.6. The van der Waals surface area contributed by atoms with Crippen molar-refractivity contribution in [3.05, 3.63) is 39.9 Å². The van der Waals surface area contributed by atoms with Crippen LogP contribution in [0.25, 0.3) is 0 Å². The maximum absolute atomic E-state index is 10.6.